The Morgan fingerprint density at radius 2 is 1.12 bits per heavy atom. The van der Waals surface area contributed by atoms with E-state index in [-0.39, 0.29) is 0 Å². The Morgan fingerprint density at radius 1 is 0.647 bits per heavy atom. The molecule has 104 valence electrons. The summed E-state index contributed by atoms with van der Waals surface area (Å²) >= 11 is 3.48. The predicted octanol–water partition coefficient (Wildman–Crippen LogP) is 5.23. The zero-order chi connectivity index (χ0) is 12.8. The molecule has 0 atom stereocenters. The van der Waals surface area contributed by atoms with Crippen LogP contribution in [-0.2, 0) is 0 Å². The van der Waals surface area contributed by atoms with E-state index in [1.807, 2.05) is 0 Å². The van der Waals surface area contributed by atoms with Gasteiger partial charge in [0.05, 0.1) is 0 Å². The fraction of sp³-hybridized carbons (Fsp3) is 1.00. The van der Waals surface area contributed by atoms with Gasteiger partial charge < -0.3 is 4.90 Å². The highest BCUT2D eigenvalue weighted by Gasteiger charge is 2.01. The maximum atomic E-state index is 3.48. The van der Waals surface area contributed by atoms with Gasteiger partial charge in [-0.25, -0.2) is 0 Å². The van der Waals surface area contributed by atoms with E-state index >= 15 is 0 Å². The number of alkyl halides is 1. The first kappa shape index (κ1) is 17.4. The average Bonchev–Trinajstić information content (AvgIpc) is 2.33. The number of nitrogens with zero attached hydrogens (tertiary/aromatic N) is 1. The predicted molar refractivity (Wildman–Crippen MR) is 83.1 cm³/mol. The highest BCUT2D eigenvalue weighted by molar-refractivity contribution is 9.09. The number of rotatable bonds is 13. The van der Waals surface area contributed by atoms with Crippen LogP contribution < -0.4 is 0 Å². The van der Waals surface area contributed by atoms with Crippen LogP contribution in [0.4, 0.5) is 0 Å². The number of unbranched alkanes of at least 4 members (excludes halogenated alkanes) is 6. The summed E-state index contributed by atoms with van der Waals surface area (Å²) in [6.45, 7) is 8.47. The SMILES string of the molecule is CCCN(CCC)CCCCCCCCCBr. The first-order chi connectivity index (χ1) is 8.35. The van der Waals surface area contributed by atoms with Crippen LogP contribution in [0.5, 0.6) is 0 Å². The Kier molecular flexibility index (Phi) is 14.9. The minimum absolute atomic E-state index is 1.18. The van der Waals surface area contributed by atoms with Gasteiger partial charge in [0.2, 0.25) is 0 Å². The second-order valence-corrected chi connectivity index (χ2v) is 5.80. The fourth-order valence-electron chi connectivity index (χ4n) is 2.28. The minimum atomic E-state index is 1.18. The molecule has 0 radical (unpaired) electrons. The molecule has 0 amide bonds. The van der Waals surface area contributed by atoms with Crippen LogP contribution in [-0.4, -0.2) is 29.9 Å². The summed E-state index contributed by atoms with van der Waals surface area (Å²) < 4.78 is 0. The summed E-state index contributed by atoms with van der Waals surface area (Å²) in [5, 5.41) is 1.18. The summed E-state index contributed by atoms with van der Waals surface area (Å²) in [5.41, 5.74) is 0. The molecule has 0 aliphatic rings. The van der Waals surface area contributed by atoms with Gasteiger partial charge in [-0.3, -0.25) is 0 Å². The van der Waals surface area contributed by atoms with E-state index in [0.29, 0.717) is 0 Å². The van der Waals surface area contributed by atoms with Gasteiger partial charge in [0, 0.05) is 5.33 Å². The lowest BCUT2D eigenvalue weighted by Gasteiger charge is -2.20. The van der Waals surface area contributed by atoms with Crippen LogP contribution in [0.25, 0.3) is 0 Å². The lowest BCUT2D eigenvalue weighted by atomic mass is 10.1. The summed E-state index contributed by atoms with van der Waals surface area (Å²) in [6, 6.07) is 0. The zero-order valence-corrected chi connectivity index (χ0v) is 13.6. The van der Waals surface area contributed by atoms with Gasteiger partial charge in [-0.05, 0) is 45.3 Å². The largest absolute Gasteiger partial charge is 0.303 e. The normalized spacial score (nSPS) is 11.3. The van der Waals surface area contributed by atoms with Crippen LogP contribution >= 0.6 is 15.9 Å². The van der Waals surface area contributed by atoms with Crippen molar-refractivity contribution in [3.05, 3.63) is 0 Å². The molecule has 1 nitrogen and oxygen atoms in total. The van der Waals surface area contributed by atoms with Gasteiger partial charge in [0.15, 0.2) is 0 Å². The van der Waals surface area contributed by atoms with Crippen molar-refractivity contribution in [2.75, 3.05) is 25.0 Å². The summed E-state index contributed by atoms with van der Waals surface area (Å²) in [4.78, 5) is 2.63. The van der Waals surface area contributed by atoms with Crippen LogP contribution in [0.3, 0.4) is 0 Å². The average molecular weight is 306 g/mol. The van der Waals surface area contributed by atoms with Crippen LogP contribution in [0.1, 0.15) is 71.6 Å². The van der Waals surface area contributed by atoms with E-state index < -0.39 is 0 Å². The number of hydrogen-bond acceptors (Lipinski definition) is 1. The van der Waals surface area contributed by atoms with E-state index in [4.69, 9.17) is 0 Å². The summed E-state index contributed by atoms with van der Waals surface area (Å²) in [5.74, 6) is 0. The Bertz CT molecular complexity index is 133. The lowest BCUT2D eigenvalue weighted by molar-refractivity contribution is 0.267. The van der Waals surface area contributed by atoms with Crippen LogP contribution in [0.15, 0.2) is 0 Å². The topological polar surface area (TPSA) is 3.24 Å². The third-order valence-corrected chi connectivity index (χ3v) is 3.75. The summed E-state index contributed by atoms with van der Waals surface area (Å²) in [7, 11) is 0. The number of hydrogen-bond donors (Lipinski definition) is 0. The molecule has 0 bridgehead atoms. The van der Waals surface area contributed by atoms with Crippen molar-refractivity contribution < 1.29 is 0 Å². The second-order valence-electron chi connectivity index (χ2n) is 5.01. The molecule has 2 heteroatoms. The van der Waals surface area contributed by atoms with Gasteiger partial charge >= 0.3 is 0 Å². The molecule has 0 aliphatic carbocycles. The van der Waals surface area contributed by atoms with Crippen molar-refractivity contribution >= 4 is 15.9 Å². The molecule has 0 aliphatic heterocycles. The highest BCUT2D eigenvalue weighted by atomic mass is 79.9. The molecule has 0 aromatic carbocycles. The molecule has 0 fully saturated rings. The monoisotopic (exact) mass is 305 g/mol. The van der Waals surface area contributed by atoms with Gasteiger partial charge in [0.25, 0.3) is 0 Å². The van der Waals surface area contributed by atoms with E-state index in [9.17, 15) is 0 Å². The molecule has 0 saturated carbocycles. The minimum Gasteiger partial charge on any atom is -0.303 e. The van der Waals surface area contributed by atoms with Crippen molar-refractivity contribution in [1.82, 2.24) is 4.90 Å². The van der Waals surface area contributed by atoms with Crippen molar-refractivity contribution in [3.8, 4) is 0 Å². The molecule has 0 heterocycles. The van der Waals surface area contributed by atoms with Gasteiger partial charge in [-0.1, -0.05) is 61.9 Å². The standard InChI is InChI=1S/C15H32BrN/c1-3-13-17(14-4-2)15-11-9-7-5-6-8-10-12-16/h3-15H2,1-2H3. The van der Waals surface area contributed by atoms with Gasteiger partial charge in [-0.15, -0.1) is 0 Å². The second kappa shape index (κ2) is 14.5. The van der Waals surface area contributed by atoms with Crippen molar-refractivity contribution in [3.63, 3.8) is 0 Å². The van der Waals surface area contributed by atoms with E-state index in [1.54, 1.807) is 0 Å². The van der Waals surface area contributed by atoms with E-state index in [0.717, 1.165) is 0 Å². The third-order valence-electron chi connectivity index (χ3n) is 3.19. The Balaban J connectivity index is 3.23. The molecule has 0 saturated heterocycles. The van der Waals surface area contributed by atoms with Gasteiger partial charge in [-0.2, -0.15) is 0 Å². The molecule has 0 spiro atoms. The molecular weight excluding hydrogens is 274 g/mol. The first-order valence-corrected chi connectivity index (χ1v) is 8.75. The molecule has 0 unspecified atom stereocenters. The maximum absolute atomic E-state index is 3.48. The smallest absolute Gasteiger partial charge is 0.00313 e. The first-order valence-electron chi connectivity index (χ1n) is 7.63. The Morgan fingerprint density at radius 3 is 1.59 bits per heavy atom. The molecule has 0 rings (SSSR count). The van der Waals surface area contributed by atoms with E-state index in [1.165, 1.54) is 82.8 Å². The van der Waals surface area contributed by atoms with Crippen molar-refractivity contribution in [1.29, 1.82) is 0 Å². The summed E-state index contributed by atoms with van der Waals surface area (Å²) in [6.07, 6.45) is 12.5. The quantitative estimate of drug-likeness (QED) is 0.332. The number of halogens is 1. The maximum Gasteiger partial charge on any atom is 0.00313 e. The van der Waals surface area contributed by atoms with E-state index in [2.05, 4.69) is 34.7 Å². The third kappa shape index (κ3) is 12.7. The Labute approximate surface area is 117 Å². The fourth-order valence-corrected chi connectivity index (χ4v) is 2.68. The molecule has 0 aromatic heterocycles. The van der Waals surface area contributed by atoms with Crippen molar-refractivity contribution in [2.45, 2.75) is 71.6 Å². The molecule has 17 heavy (non-hydrogen) atoms. The van der Waals surface area contributed by atoms with Crippen LogP contribution in [0, 0.1) is 0 Å². The Hall–Kier alpha value is 0.440. The zero-order valence-electron chi connectivity index (χ0n) is 12.0. The highest BCUT2D eigenvalue weighted by Crippen LogP contribution is 2.09. The van der Waals surface area contributed by atoms with Crippen molar-refractivity contribution in [2.24, 2.45) is 0 Å². The van der Waals surface area contributed by atoms with Gasteiger partial charge in [0.1, 0.15) is 0 Å². The lowest BCUT2D eigenvalue weighted by Crippen LogP contribution is -2.26. The molecular formula is C15H32BrN. The van der Waals surface area contributed by atoms with Crippen LogP contribution in [0.2, 0.25) is 0 Å². The molecule has 0 N–H and O–H groups in total. The molecule has 0 aromatic rings.